The van der Waals surface area contributed by atoms with E-state index in [-0.39, 0.29) is 6.04 Å². The Balaban J connectivity index is 1.50. The molecule has 0 saturated carbocycles. The Labute approximate surface area is 180 Å². The monoisotopic (exact) mass is 416 g/mol. The summed E-state index contributed by atoms with van der Waals surface area (Å²) >= 11 is 0. The van der Waals surface area contributed by atoms with Crippen LogP contribution >= 0.6 is 0 Å². The van der Waals surface area contributed by atoms with Crippen LogP contribution in [0.15, 0.2) is 43.0 Å². The Bertz CT molecular complexity index is 1220. The van der Waals surface area contributed by atoms with Gasteiger partial charge < -0.3 is 19.8 Å². The van der Waals surface area contributed by atoms with Crippen molar-refractivity contribution >= 4 is 16.9 Å². The summed E-state index contributed by atoms with van der Waals surface area (Å²) in [5.74, 6) is 3.40. The van der Waals surface area contributed by atoms with Crippen molar-refractivity contribution in [2.75, 3.05) is 18.5 Å². The number of H-pyrrole nitrogens is 1. The van der Waals surface area contributed by atoms with E-state index in [4.69, 9.17) is 9.47 Å². The van der Waals surface area contributed by atoms with Crippen LogP contribution in [0.25, 0.3) is 22.3 Å². The summed E-state index contributed by atoms with van der Waals surface area (Å²) in [7, 11) is 0. The summed E-state index contributed by atoms with van der Waals surface area (Å²) in [6.45, 7) is 7.38. The van der Waals surface area contributed by atoms with E-state index in [1.807, 2.05) is 19.1 Å². The van der Waals surface area contributed by atoms with Gasteiger partial charge in [-0.25, -0.2) is 19.9 Å². The number of hydrogen-bond acceptors (Lipinski definition) is 7. The Morgan fingerprint density at radius 2 is 1.74 bits per heavy atom. The van der Waals surface area contributed by atoms with Gasteiger partial charge in [-0.15, -0.1) is 0 Å². The minimum Gasteiger partial charge on any atom is -0.486 e. The molecule has 1 atom stereocenters. The molecule has 3 aromatic heterocycles. The van der Waals surface area contributed by atoms with Gasteiger partial charge in [0.1, 0.15) is 36.8 Å². The zero-order valence-electron chi connectivity index (χ0n) is 17.7. The first-order chi connectivity index (χ1) is 15.1. The van der Waals surface area contributed by atoms with Crippen molar-refractivity contribution in [3.63, 3.8) is 0 Å². The van der Waals surface area contributed by atoms with Crippen LogP contribution in [0.2, 0.25) is 0 Å². The molecule has 0 radical (unpaired) electrons. The predicted octanol–water partition coefficient (Wildman–Crippen LogP) is 4.30. The van der Waals surface area contributed by atoms with Gasteiger partial charge in [-0.3, -0.25) is 0 Å². The van der Waals surface area contributed by atoms with Crippen LogP contribution in [0.3, 0.4) is 0 Å². The van der Waals surface area contributed by atoms with E-state index in [9.17, 15) is 0 Å². The standard InChI is InChI=1S/C23H24N6O2/c1-13(2)21(15-4-5-19-20(8-15)31-7-6-30-19)29-23-17-9-18(28-22(17)26-12-27-23)16-10-24-14(3)25-11-16/h4-5,8-13,21H,6-7H2,1-3H3,(H2,26,27,28,29)/t21-/m1/s1. The summed E-state index contributed by atoms with van der Waals surface area (Å²) in [5, 5.41) is 4.54. The highest BCUT2D eigenvalue weighted by molar-refractivity contribution is 5.91. The fourth-order valence-electron chi connectivity index (χ4n) is 3.78. The van der Waals surface area contributed by atoms with Crippen LogP contribution in [-0.4, -0.2) is 38.1 Å². The molecule has 8 nitrogen and oxygen atoms in total. The lowest BCUT2D eigenvalue weighted by molar-refractivity contribution is 0.171. The van der Waals surface area contributed by atoms with Crippen molar-refractivity contribution in [1.82, 2.24) is 24.9 Å². The van der Waals surface area contributed by atoms with Gasteiger partial charge in [0.2, 0.25) is 0 Å². The number of ether oxygens (including phenoxy) is 2. The quantitative estimate of drug-likeness (QED) is 0.500. The van der Waals surface area contributed by atoms with E-state index < -0.39 is 0 Å². The predicted molar refractivity (Wildman–Crippen MR) is 118 cm³/mol. The maximum Gasteiger partial charge on any atom is 0.161 e. The number of aryl methyl sites for hydroxylation is 1. The number of aromatic nitrogens is 5. The van der Waals surface area contributed by atoms with E-state index in [1.165, 1.54) is 0 Å². The van der Waals surface area contributed by atoms with Gasteiger partial charge in [-0.1, -0.05) is 19.9 Å². The first kappa shape index (κ1) is 19.3. The molecule has 0 amide bonds. The van der Waals surface area contributed by atoms with Crippen molar-refractivity contribution in [1.29, 1.82) is 0 Å². The summed E-state index contributed by atoms with van der Waals surface area (Å²) in [4.78, 5) is 20.9. The Kier molecular flexibility index (Phi) is 4.89. The van der Waals surface area contributed by atoms with Crippen LogP contribution in [0.1, 0.15) is 31.3 Å². The molecule has 4 heterocycles. The third-order valence-electron chi connectivity index (χ3n) is 5.40. The van der Waals surface area contributed by atoms with Gasteiger partial charge >= 0.3 is 0 Å². The zero-order chi connectivity index (χ0) is 21.4. The Morgan fingerprint density at radius 3 is 2.52 bits per heavy atom. The van der Waals surface area contributed by atoms with E-state index in [2.05, 4.69) is 56.2 Å². The molecule has 1 aliphatic heterocycles. The zero-order valence-corrected chi connectivity index (χ0v) is 17.7. The van der Waals surface area contributed by atoms with Gasteiger partial charge in [0.25, 0.3) is 0 Å². The van der Waals surface area contributed by atoms with Crippen molar-refractivity contribution in [3.8, 4) is 22.8 Å². The van der Waals surface area contributed by atoms with Crippen LogP contribution in [0, 0.1) is 12.8 Å². The van der Waals surface area contributed by atoms with Crippen molar-refractivity contribution < 1.29 is 9.47 Å². The first-order valence-corrected chi connectivity index (χ1v) is 10.4. The molecule has 8 heteroatoms. The average Bonchev–Trinajstić information content (AvgIpc) is 3.22. The molecule has 31 heavy (non-hydrogen) atoms. The molecular weight excluding hydrogens is 392 g/mol. The molecule has 5 rings (SSSR count). The minimum absolute atomic E-state index is 0.0370. The summed E-state index contributed by atoms with van der Waals surface area (Å²) in [6.07, 6.45) is 5.18. The molecular formula is C23H24N6O2. The minimum atomic E-state index is 0.0370. The van der Waals surface area contributed by atoms with E-state index >= 15 is 0 Å². The highest BCUT2D eigenvalue weighted by atomic mass is 16.6. The average molecular weight is 416 g/mol. The molecule has 0 spiro atoms. The van der Waals surface area contributed by atoms with Crippen LogP contribution in [0.5, 0.6) is 11.5 Å². The molecule has 0 saturated heterocycles. The van der Waals surface area contributed by atoms with E-state index in [1.54, 1.807) is 18.7 Å². The molecule has 4 aromatic rings. The van der Waals surface area contributed by atoms with Crippen molar-refractivity contribution in [3.05, 3.63) is 54.4 Å². The van der Waals surface area contributed by atoms with Crippen LogP contribution in [0.4, 0.5) is 5.82 Å². The van der Waals surface area contributed by atoms with Gasteiger partial charge in [-0.2, -0.15) is 0 Å². The van der Waals surface area contributed by atoms with E-state index in [0.29, 0.717) is 19.1 Å². The molecule has 0 aliphatic carbocycles. The molecule has 1 aromatic carbocycles. The summed E-state index contributed by atoms with van der Waals surface area (Å²) < 4.78 is 11.4. The molecule has 1 aliphatic rings. The lowest BCUT2D eigenvalue weighted by atomic mass is 9.95. The lowest BCUT2D eigenvalue weighted by Gasteiger charge is -2.26. The van der Waals surface area contributed by atoms with Crippen molar-refractivity contribution in [2.24, 2.45) is 5.92 Å². The number of benzene rings is 1. The smallest absolute Gasteiger partial charge is 0.161 e. The Hall–Kier alpha value is -3.68. The number of rotatable bonds is 5. The maximum atomic E-state index is 5.78. The highest BCUT2D eigenvalue weighted by Crippen LogP contribution is 2.36. The van der Waals surface area contributed by atoms with Crippen molar-refractivity contribution in [2.45, 2.75) is 26.8 Å². The fourth-order valence-corrected chi connectivity index (χ4v) is 3.78. The molecule has 0 bridgehead atoms. The topological polar surface area (TPSA) is 97.8 Å². The Morgan fingerprint density at radius 1 is 0.968 bits per heavy atom. The van der Waals surface area contributed by atoms with Gasteiger partial charge in [0.05, 0.1) is 17.1 Å². The second-order valence-corrected chi connectivity index (χ2v) is 7.96. The fraction of sp³-hybridized carbons (Fsp3) is 0.304. The molecule has 158 valence electrons. The summed E-state index contributed by atoms with van der Waals surface area (Å²) in [5.41, 5.74) is 3.69. The number of fused-ring (bicyclic) bond motifs is 2. The number of aromatic amines is 1. The number of anilines is 1. The largest absolute Gasteiger partial charge is 0.486 e. The maximum absolute atomic E-state index is 5.78. The van der Waals surface area contributed by atoms with Gasteiger partial charge in [0, 0.05) is 18.0 Å². The van der Waals surface area contributed by atoms with Crippen LogP contribution < -0.4 is 14.8 Å². The number of hydrogen-bond donors (Lipinski definition) is 2. The number of nitrogens with one attached hydrogen (secondary N) is 2. The first-order valence-electron chi connectivity index (χ1n) is 10.4. The third-order valence-corrected chi connectivity index (χ3v) is 5.40. The molecule has 2 N–H and O–H groups in total. The van der Waals surface area contributed by atoms with E-state index in [0.717, 1.165) is 51.0 Å². The van der Waals surface area contributed by atoms with Gasteiger partial charge in [-0.05, 0) is 36.6 Å². The number of nitrogens with zero attached hydrogens (tertiary/aromatic N) is 4. The molecule has 0 fully saturated rings. The lowest BCUT2D eigenvalue weighted by Crippen LogP contribution is -2.19. The SMILES string of the molecule is Cc1ncc(-c2cc3c(N[C@@H](c4ccc5c(c4)OCCO5)C(C)C)ncnc3[nH]2)cn1. The second kappa shape index (κ2) is 7.86. The van der Waals surface area contributed by atoms with Gasteiger partial charge in [0.15, 0.2) is 11.5 Å². The highest BCUT2D eigenvalue weighted by Gasteiger charge is 2.21. The second-order valence-electron chi connectivity index (χ2n) is 7.96. The van der Waals surface area contributed by atoms with Crippen LogP contribution in [-0.2, 0) is 0 Å². The summed E-state index contributed by atoms with van der Waals surface area (Å²) in [6, 6.07) is 8.18. The molecule has 0 unspecified atom stereocenters. The third kappa shape index (κ3) is 3.76. The normalized spacial score (nSPS) is 14.1.